The molecule has 0 aromatic heterocycles. The predicted octanol–water partition coefficient (Wildman–Crippen LogP) is 3.26. The highest BCUT2D eigenvalue weighted by Crippen LogP contribution is 2.40. The van der Waals surface area contributed by atoms with E-state index in [1.165, 1.54) is 17.5 Å². The fraction of sp³-hybridized carbons (Fsp3) is 0.632. The summed E-state index contributed by atoms with van der Waals surface area (Å²) in [5.41, 5.74) is 2.84. The topological polar surface area (TPSA) is 45.6 Å². The van der Waals surface area contributed by atoms with Gasteiger partial charge >= 0.3 is 0 Å². The van der Waals surface area contributed by atoms with Crippen LogP contribution in [0.1, 0.15) is 56.6 Å². The van der Waals surface area contributed by atoms with Gasteiger partial charge in [-0.15, -0.1) is 0 Å². The highest BCUT2D eigenvalue weighted by Gasteiger charge is 2.38. The first kappa shape index (κ1) is 17.8. The standard InChI is InChI=1S/C19H31N3O/c1-5-23-12-6-11-21-19(20-4)22-18-13-17(18)16-9-7-15(8-10-16)14(2)3/h7-10,14,17-18H,5-6,11-13H2,1-4H3,(H2,20,21,22). The predicted molar refractivity (Wildman–Crippen MR) is 97.3 cm³/mol. The van der Waals surface area contributed by atoms with Gasteiger partial charge in [-0.05, 0) is 36.8 Å². The molecule has 2 atom stereocenters. The lowest BCUT2D eigenvalue weighted by atomic mass is 10.0. The van der Waals surface area contributed by atoms with Crippen LogP contribution < -0.4 is 10.6 Å². The Balaban J connectivity index is 1.74. The minimum atomic E-state index is 0.498. The summed E-state index contributed by atoms with van der Waals surface area (Å²) in [6, 6.07) is 9.57. The number of hydrogen-bond acceptors (Lipinski definition) is 2. The van der Waals surface area contributed by atoms with E-state index in [1.807, 2.05) is 14.0 Å². The van der Waals surface area contributed by atoms with Crippen molar-refractivity contribution in [1.82, 2.24) is 10.6 Å². The first-order valence-corrected chi connectivity index (χ1v) is 8.80. The second-order valence-corrected chi connectivity index (χ2v) is 6.46. The Morgan fingerprint density at radius 1 is 1.30 bits per heavy atom. The molecule has 0 amide bonds. The van der Waals surface area contributed by atoms with Crippen molar-refractivity contribution in [3.8, 4) is 0 Å². The van der Waals surface area contributed by atoms with Crippen LogP contribution in [0.4, 0.5) is 0 Å². The fourth-order valence-corrected chi connectivity index (χ4v) is 2.75. The summed E-state index contributed by atoms with van der Waals surface area (Å²) < 4.78 is 5.34. The van der Waals surface area contributed by atoms with Gasteiger partial charge in [0.15, 0.2) is 5.96 Å². The molecule has 4 heteroatoms. The molecule has 23 heavy (non-hydrogen) atoms. The van der Waals surface area contributed by atoms with Gasteiger partial charge in [0.25, 0.3) is 0 Å². The van der Waals surface area contributed by atoms with Crippen LogP contribution >= 0.6 is 0 Å². The van der Waals surface area contributed by atoms with E-state index in [0.717, 1.165) is 32.1 Å². The summed E-state index contributed by atoms with van der Waals surface area (Å²) in [7, 11) is 1.83. The quantitative estimate of drug-likeness (QED) is 0.439. The molecule has 0 radical (unpaired) electrons. The molecule has 128 valence electrons. The number of benzene rings is 1. The molecule has 1 aliphatic carbocycles. The van der Waals surface area contributed by atoms with Crippen molar-refractivity contribution in [2.24, 2.45) is 4.99 Å². The lowest BCUT2D eigenvalue weighted by molar-refractivity contribution is 0.145. The van der Waals surface area contributed by atoms with E-state index in [0.29, 0.717) is 17.9 Å². The van der Waals surface area contributed by atoms with Crippen LogP contribution in [-0.2, 0) is 4.74 Å². The Hall–Kier alpha value is -1.55. The van der Waals surface area contributed by atoms with Gasteiger partial charge in [-0.2, -0.15) is 0 Å². The van der Waals surface area contributed by atoms with Crippen molar-refractivity contribution >= 4 is 5.96 Å². The van der Waals surface area contributed by atoms with Crippen LogP contribution in [0.2, 0.25) is 0 Å². The smallest absolute Gasteiger partial charge is 0.191 e. The number of hydrogen-bond donors (Lipinski definition) is 2. The molecule has 0 heterocycles. The normalized spacial score (nSPS) is 20.7. The molecule has 1 saturated carbocycles. The Bertz CT molecular complexity index is 496. The van der Waals surface area contributed by atoms with Crippen LogP contribution in [0.25, 0.3) is 0 Å². The Labute approximate surface area is 140 Å². The zero-order valence-electron chi connectivity index (χ0n) is 14.9. The number of nitrogens with one attached hydrogen (secondary N) is 2. The summed E-state index contributed by atoms with van der Waals surface area (Å²) in [6.07, 6.45) is 2.18. The zero-order valence-corrected chi connectivity index (χ0v) is 14.9. The molecule has 1 fully saturated rings. The molecule has 0 bridgehead atoms. The number of ether oxygens (including phenoxy) is 1. The minimum Gasteiger partial charge on any atom is -0.382 e. The van der Waals surface area contributed by atoms with Crippen molar-refractivity contribution in [2.75, 3.05) is 26.8 Å². The summed E-state index contributed by atoms with van der Waals surface area (Å²) in [5.74, 6) is 2.10. The molecular formula is C19H31N3O. The summed E-state index contributed by atoms with van der Waals surface area (Å²) in [4.78, 5) is 4.31. The highest BCUT2D eigenvalue weighted by molar-refractivity contribution is 5.80. The van der Waals surface area contributed by atoms with E-state index in [4.69, 9.17) is 4.74 Å². The molecule has 2 unspecified atom stereocenters. The third-order valence-electron chi connectivity index (χ3n) is 4.33. The molecular weight excluding hydrogens is 286 g/mol. The second-order valence-electron chi connectivity index (χ2n) is 6.46. The molecule has 1 aliphatic rings. The van der Waals surface area contributed by atoms with E-state index in [1.54, 1.807) is 0 Å². The van der Waals surface area contributed by atoms with Gasteiger partial charge in [-0.3, -0.25) is 4.99 Å². The maximum Gasteiger partial charge on any atom is 0.191 e. The Kier molecular flexibility index (Phi) is 6.90. The van der Waals surface area contributed by atoms with Crippen molar-refractivity contribution in [3.05, 3.63) is 35.4 Å². The molecule has 0 spiro atoms. The Morgan fingerprint density at radius 3 is 2.65 bits per heavy atom. The van der Waals surface area contributed by atoms with Crippen molar-refractivity contribution < 1.29 is 4.74 Å². The maximum absolute atomic E-state index is 5.34. The van der Waals surface area contributed by atoms with Crippen LogP contribution in [0, 0.1) is 0 Å². The molecule has 4 nitrogen and oxygen atoms in total. The largest absolute Gasteiger partial charge is 0.382 e. The van der Waals surface area contributed by atoms with Crippen molar-refractivity contribution in [1.29, 1.82) is 0 Å². The molecule has 1 aromatic carbocycles. The molecule has 0 saturated heterocycles. The number of nitrogens with zero attached hydrogens (tertiary/aromatic N) is 1. The third kappa shape index (κ3) is 5.54. The SMILES string of the molecule is CCOCCCNC(=NC)NC1CC1c1ccc(C(C)C)cc1. The highest BCUT2D eigenvalue weighted by atomic mass is 16.5. The average molecular weight is 317 g/mol. The Morgan fingerprint density at radius 2 is 2.04 bits per heavy atom. The summed E-state index contributed by atoms with van der Waals surface area (Å²) in [5, 5.41) is 6.87. The minimum absolute atomic E-state index is 0.498. The average Bonchev–Trinajstić information content (AvgIpc) is 3.33. The van der Waals surface area contributed by atoms with Crippen LogP contribution in [0.3, 0.4) is 0 Å². The van der Waals surface area contributed by atoms with Gasteiger partial charge in [0, 0.05) is 38.8 Å². The number of rotatable bonds is 8. The van der Waals surface area contributed by atoms with Gasteiger partial charge in [-0.1, -0.05) is 38.1 Å². The fourth-order valence-electron chi connectivity index (χ4n) is 2.75. The van der Waals surface area contributed by atoms with Crippen LogP contribution in [-0.4, -0.2) is 38.8 Å². The third-order valence-corrected chi connectivity index (χ3v) is 4.33. The van der Waals surface area contributed by atoms with Crippen molar-refractivity contribution in [3.63, 3.8) is 0 Å². The molecule has 2 N–H and O–H groups in total. The van der Waals surface area contributed by atoms with E-state index >= 15 is 0 Å². The van der Waals surface area contributed by atoms with Crippen LogP contribution in [0.5, 0.6) is 0 Å². The van der Waals surface area contributed by atoms with Gasteiger partial charge in [-0.25, -0.2) is 0 Å². The second kappa shape index (κ2) is 8.92. The van der Waals surface area contributed by atoms with E-state index in [9.17, 15) is 0 Å². The zero-order chi connectivity index (χ0) is 16.7. The lowest BCUT2D eigenvalue weighted by Gasteiger charge is -2.12. The van der Waals surface area contributed by atoms with Gasteiger partial charge in [0.05, 0.1) is 0 Å². The van der Waals surface area contributed by atoms with E-state index in [-0.39, 0.29) is 0 Å². The molecule has 1 aromatic rings. The first-order chi connectivity index (χ1) is 11.2. The number of aliphatic imine (C=N–C) groups is 1. The summed E-state index contributed by atoms with van der Waals surface area (Å²) >= 11 is 0. The van der Waals surface area contributed by atoms with Gasteiger partial charge in [0.2, 0.25) is 0 Å². The summed E-state index contributed by atoms with van der Waals surface area (Å²) in [6.45, 7) is 8.96. The molecule has 0 aliphatic heterocycles. The number of guanidine groups is 1. The van der Waals surface area contributed by atoms with E-state index in [2.05, 4.69) is 53.7 Å². The lowest BCUT2D eigenvalue weighted by Crippen LogP contribution is -2.39. The monoisotopic (exact) mass is 317 g/mol. The van der Waals surface area contributed by atoms with Gasteiger partial charge < -0.3 is 15.4 Å². The van der Waals surface area contributed by atoms with Gasteiger partial charge in [0.1, 0.15) is 0 Å². The van der Waals surface area contributed by atoms with E-state index < -0.39 is 0 Å². The maximum atomic E-state index is 5.34. The first-order valence-electron chi connectivity index (χ1n) is 8.80. The van der Waals surface area contributed by atoms with Crippen LogP contribution in [0.15, 0.2) is 29.3 Å². The molecule has 2 rings (SSSR count). The van der Waals surface area contributed by atoms with Crippen molar-refractivity contribution in [2.45, 2.75) is 51.5 Å².